The third kappa shape index (κ3) is 2.88. The summed E-state index contributed by atoms with van der Waals surface area (Å²) in [5.74, 6) is -1.76. The van der Waals surface area contributed by atoms with Crippen molar-refractivity contribution >= 4 is 5.97 Å². The molecule has 1 aliphatic carbocycles. The SMILES string of the molecule is CCOC(=O)C1CNCC12CCC(C(F)(F)F)CC2. The predicted molar refractivity (Wildman–Crippen MR) is 63.4 cm³/mol. The fourth-order valence-corrected chi connectivity index (χ4v) is 3.43. The van der Waals surface area contributed by atoms with E-state index >= 15 is 0 Å². The molecule has 1 saturated heterocycles. The van der Waals surface area contributed by atoms with Crippen LogP contribution in [0.3, 0.4) is 0 Å². The van der Waals surface area contributed by atoms with Gasteiger partial charge in [-0.15, -0.1) is 0 Å². The second-order valence-electron chi connectivity index (χ2n) is 5.61. The highest BCUT2D eigenvalue weighted by molar-refractivity contribution is 5.74. The molecule has 19 heavy (non-hydrogen) atoms. The number of halogens is 3. The van der Waals surface area contributed by atoms with E-state index in [-0.39, 0.29) is 30.1 Å². The molecule has 2 aliphatic rings. The molecule has 1 unspecified atom stereocenters. The Balaban J connectivity index is 2.02. The average Bonchev–Trinajstić information content (AvgIpc) is 2.72. The Morgan fingerprint density at radius 3 is 2.53 bits per heavy atom. The van der Waals surface area contributed by atoms with E-state index in [1.165, 1.54) is 0 Å². The fraction of sp³-hybridized carbons (Fsp3) is 0.923. The zero-order valence-electron chi connectivity index (χ0n) is 11.1. The summed E-state index contributed by atoms with van der Waals surface area (Å²) in [5.41, 5.74) is -0.325. The molecule has 0 aromatic carbocycles. The van der Waals surface area contributed by atoms with Crippen LogP contribution in [0.15, 0.2) is 0 Å². The molecule has 1 heterocycles. The van der Waals surface area contributed by atoms with Crippen molar-refractivity contribution < 1.29 is 22.7 Å². The molecule has 1 saturated carbocycles. The molecule has 6 heteroatoms. The minimum Gasteiger partial charge on any atom is -0.466 e. The highest BCUT2D eigenvalue weighted by Crippen LogP contribution is 2.50. The maximum Gasteiger partial charge on any atom is 0.391 e. The van der Waals surface area contributed by atoms with Crippen LogP contribution in [0.25, 0.3) is 0 Å². The molecule has 0 aromatic rings. The standard InChI is InChI=1S/C13H20F3NO2/c1-2-19-11(18)10-7-17-8-12(10)5-3-9(4-6-12)13(14,15)16/h9-10,17H,2-8H2,1H3. The van der Waals surface area contributed by atoms with Gasteiger partial charge in [-0.3, -0.25) is 4.79 Å². The van der Waals surface area contributed by atoms with Crippen LogP contribution in [0.1, 0.15) is 32.6 Å². The van der Waals surface area contributed by atoms with Crippen molar-refractivity contribution in [2.75, 3.05) is 19.7 Å². The Bertz CT molecular complexity index is 335. The Morgan fingerprint density at radius 1 is 1.37 bits per heavy atom. The number of hydrogen-bond donors (Lipinski definition) is 1. The van der Waals surface area contributed by atoms with E-state index in [2.05, 4.69) is 5.32 Å². The summed E-state index contributed by atoms with van der Waals surface area (Å²) >= 11 is 0. The number of alkyl halides is 3. The third-order valence-corrected chi connectivity index (χ3v) is 4.58. The van der Waals surface area contributed by atoms with Gasteiger partial charge in [-0.2, -0.15) is 13.2 Å². The van der Waals surface area contributed by atoms with Gasteiger partial charge in [0, 0.05) is 13.1 Å². The van der Waals surface area contributed by atoms with Gasteiger partial charge in [0.2, 0.25) is 0 Å². The highest BCUT2D eigenvalue weighted by atomic mass is 19.4. The molecular formula is C13H20F3NO2. The summed E-state index contributed by atoms with van der Waals surface area (Å²) in [5, 5.41) is 3.14. The van der Waals surface area contributed by atoms with Gasteiger partial charge < -0.3 is 10.1 Å². The van der Waals surface area contributed by atoms with Crippen molar-refractivity contribution in [1.82, 2.24) is 5.32 Å². The van der Waals surface area contributed by atoms with Gasteiger partial charge in [-0.05, 0) is 38.0 Å². The quantitative estimate of drug-likeness (QED) is 0.789. The minimum absolute atomic E-state index is 0.126. The van der Waals surface area contributed by atoms with Gasteiger partial charge in [0.1, 0.15) is 0 Å². The molecule has 1 atom stereocenters. The zero-order chi connectivity index (χ0) is 14.1. The summed E-state index contributed by atoms with van der Waals surface area (Å²) < 4.78 is 43.1. The number of nitrogens with one attached hydrogen (secondary N) is 1. The molecular weight excluding hydrogens is 259 g/mol. The van der Waals surface area contributed by atoms with Gasteiger partial charge in [-0.25, -0.2) is 0 Å². The van der Waals surface area contributed by atoms with E-state index < -0.39 is 12.1 Å². The summed E-state index contributed by atoms with van der Waals surface area (Å²) in [6, 6.07) is 0. The molecule has 2 fully saturated rings. The Hall–Kier alpha value is -0.780. The number of carbonyl (C=O) groups is 1. The van der Waals surface area contributed by atoms with E-state index in [0.29, 0.717) is 32.5 Å². The van der Waals surface area contributed by atoms with Gasteiger partial charge >= 0.3 is 12.1 Å². The first-order valence-corrected chi connectivity index (χ1v) is 6.83. The molecule has 110 valence electrons. The van der Waals surface area contributed by atoms with Crippen molar-refractivity contribution in [3.8, 4) is 0 Å². The third-order valence-electron chi connectivity index (χ3n) is 4.58. The van der Waals surface area contributed by atoms with E-state index in [1.807, 2.05) is 0 Å². The molecule has 2 rings (SSSR count). The van der Waals surface area contributed by atoms with Crippen LogP contribution in [-0.4, -0.2) is 31.8 Å². The van der Waals surface area contributed by atoms with E-state index in [9.17, 15) is 18.0 Å². The Morgan fingerprint density at radius 2 is 2.00 bits per heavy atom. The van der Waals surface area contributed by atoms with Crippen LogP contribution in [0.2, 0.25) is 0 Å². The first-order valence-electron chi connectivity index (χ1n) is 6.83. The van der Waals surface area contributed by atoms with Crippen molar-refractivity contribution in [3.05, 3.63) is 0 Å². The molecule has 0 radical (unpaired) electrons. The number of carbonyl (C=O) groups excluding carboxylic acids is 1. The second kappa shape index (κ2) is 5.31. The molecule has 1 aliphatic heterocycles. The molecule has 0 bridgehead atoms. The Kier molecular flexibility index (Phi) is 4.08. The first kappa shape index (κ1) is 14.6. The number of rotatable bonds is 2. The molecule has 3 nitrogen and oxygen atoms in total. The lowest BCUT2D eigenvalue weighted by atomic mass is 9.65. The van der Waals surface area contributed by atoms with Crippen LogP contribution in [-0.2, 0) is 9.53 Å². The molecule has 1 spiro atoms. The summed E-state index contributed by atoms with van der Waals surface area (Å²) in [7, 11) is 0. The highest BCUT2D eigenvalue weighted by Gasteiger charge is 2.52. The topological polar surface area (TPSA) is 38.3 Å². The number of hydrogen-bond acceptors (Lipinski definition) is 3. The van der Waals surface area contributed by atoms with Crippen molar-refractivity contribution in [2.24, 2.45) is 17.3 Å². The van der Waals surface area contributed by atoms with Crippen molar-refractivity contribution in [1.29, 1.82) is 0 Å². The zero-order valence-corrected chi connectivity index (χ0v) is 11.1. The van der Waals surface area contributed by atoms with E-state index in [4.69, 9.17) is 4.74 Å². The smallest absolute Gasteiger partial charge is 0.391 e. The summed E-state index contributed by atoms with van der Waals surface area (Å²) in [4.78, 5) is 11.9. The second-order valence-corrected chi connectivity index (χ2v) is 5.61. The van der Waals surface area contributed by atoms with E-state index in [0.717, 1.165) is 0 Å². The lowest BCUT2D eigenvalue weighted by molar-refractivity contribution is -0.189. The summed E-state index contributed by atoms with van der Waals surface area (Å²) in [6.45, 7) is 3.21. The van der Waals surface area contributed by atoms with Gasteiger partial charge in [-0.1, -0.05) is 0 Å². The molecule has 0 aromatic heterocycles. The van der Waals surface area contributed by atoms with Crippen LogP contribution in [0.5, 0.6) is 0 Å². The van der Waals surface area contributed by atoms with Crippen LogP contribution in [0, 0.1) is 17.3 Å². The van der Waals surface area contributed by atoms with Crippen LogP contribution < -0.4 is 5.32 Å². The average molecular weight is 279 g/mol. The van der Waals surface area contributed by atoms with Crippen molar-refractivity contribution in [2.45, 2.75) is 38.8 Å². The van der Waals surface area contributed by atoms with Gasteiger partial charge in [0.15, 0.2) is 0 Å². The maximum absolute atomic E-state index is 12.7. The fourth-order valence-electron chi connectivity index (χ4n) is 3.43. The van der Waals surface area contributed by atoms with Gasteiger partial charge in [0.25, 0.3) is 0 Å². The normalized spacial score (nSPS) is 35.6. The predicted octanol–water partition coefficient (Wildman–Crippen LogP) is 2.51. The monoisotopic (exact) mass is 279 g/mol. The number of esters is 1. The van der Waals surface area contributed by atoms with E-state index in [1.54, 1.807) is 6.92 Å². The molecule has 0 amide bonds. The van der Waals surface area contributed by atoms with Crippen LogP contribution >= 0.6 is 0 Å². The Labute approximate surface area is 110 Å². The lowest BCUT2D eigenvalue weighted by Crippen LogP contribution is -2.41. The maximum atomic E-state index is 12.7. The summed E-state index contributed by atoms with van der Waals surface area (Å²) in [6.07, 6.45) is -2.95. The largest absolute Gasteiger partial charge is 0.466 e. The van der Waals surface area contributed by atoms with Crippen molar-refractivity contribution in [3.63, 3.8) is 0 Å². The first-order chi connectivity index (χ1) is 8.89. The number of ether oxygens (including phenoxy) is 1. The van der Waals surface area contributed by atoms with Crippen LogP contribution in [0.4, 0.5) is 13.2 Å². The molecule has 1 N–H and O–H groups in total. The minimum atomic E-state index is -4.10. The lowest BCUT2D eigenvalue weighted by Gasteiger charge is -2.40. The van der Waals surface area contributed by atoms with Gasteiger partial charge in [0.05, 0.1) is 18.4 Å².